The number of likely N-dealkylation sites (N-methyl/N-ethyl adjacent to an activating group) is 1. The molecule has 1 aromatic carbocycles. The van der Waals surface area contributed by atoms with Crippen LogP contribution >= 0.6 is 15.9 Å². The Kier molecular flexibility index (Phi) is 5.16. The zero-order valence-corrected chi connectivity index (χ0v) is 12.6. The van der Waals surface area contributed by atoms with Crippen LogP contribution in [-0.2, 0) is 4.79 Å². The molecule has 0 aliphatic heterocycles. The van der Waals surface area contributed by atoms with E-state index in [2.05, 4.69) is 15.9 Å². The molecule has 2 atom stereocenters. The smallest absolute Gasteiger partial charge is 0.262 e. The highest BCUT2D eigenvalue weighted by Gasteiger charge is 2.19. The van der Waals surface area contributed by atoms with Crippen molar-refractivity contribution in [2.45, 2.75) is 26.1 Å². The Bertz CT molecular complexity index is 432. The van der Waals surface area contributed by atoms with Gasteiger partial charge in [-0.3, -0.25) is 4.79 Å². The molecule has 0 aliphatic carbocycles. The number of hydrogen-bond acceptors (Lipinski definition) is 3. The molecule has 100 valence electrons. The van der Waals surface area contributed by atoms with Crippen molar-refractivity contribution in [2.24, 2.45) is 0 Å². The fourth-order valence-electron chi connectivity index (χ4n) is 1.56. The maximum Gasteiger partial charge on any atom is 0.262 e. The Morgan fingerprint density at radius 3 is 2.50 bits per heavy atom. The lowest BCUT2D eigenvalue weighted by atomic mass is 10.1. The molecule has 1 rings (SSSR count). The minimum Gasteiger partial charge on any atom is -0.480 e. The van der Waals surface area contributed by atoms with Crippen LogP contribution in [-0.4, -0.2) is 36.1 Å². The van der Waals surface area contributed by atoms with Gasteiger partial charge in [0.25, 0.3) is 5.91 Å². The fourth-order valence-corrected chi connectivity index (χ4v) is 1.90. The largest absolute Gasteiger partial charge is 0.480 e. The highest BCUT2D eigenvalue weighted by atomic mass is 79.9. The lowest BCUT2D eigenvalue weighted by Gasteiger charge is -2.21. The number of hydrogen-bond donors (Lipinski definition) is 1. The van der Waals surface area contributed by atoms with E-state index >= 15 is 0 Å². The van der Waals surface area contributed by atoms with Gasteiger partial charge < -0.3 is 14.7 Å². The van der Waals surface area contributed by atoms with Crippen LogP contribution in [0.25, 0.3) is 0 Å². The molecule has 1 aromatic rings. The van der Waals surface area contributed by atoms with Gasteiger partial charge in [0.1, 0.15) is 5.75 Å². The van der Waals surface area contributed by atoms with Crippen molar-refractivity contribution in [3.63, 3.8) is 0 Å². The van der Waals surface area contributed by atoms with Crippen LogP contribution in [0, 0.1) is 0 Å². The molecular formula is C13H18BrNO3. The minimum absolute atomic E-state index is 0.119. The van der Waals surface area contributed by atoms with Gasteiger partial charge in [-0.05, 0) is 26.0 Å². The average Bonchev–Trinajstić information content (AvgIpc) is 2.27. The SMILES string of the molecule is CC(Oc1cc(Br)ccc1[C@@H](C)O)C(=O)N(C)C. The number of benzene rings is 1. The van der Waals surface area contributed by atoms with Crippen molar-refractivity contribution in [2.75, 3.05) is 14.1 Å². The van der Waals surface area contributed by atoms with E-state index in [1.165, 1.54) is 4.90 Å². The zero-order chi connectivity index (χ0) is 13.9. The third-order valence-corrected chi connectivity index (χ3v) is 3.01. The second kappa shape index (κ2) is 6.20. The Morgan fingerprint density at radius 2 is 2.00 bits per heavy atom. The quantitative estimate of drug-likeness (QED) is 0.928. The molecule has 5 heteroatoms. The van der Waals surface area contributed by atoms with E-state index in [1.54, 1.807) is 40.1 Å². The second-order valence-corrected chi connectivity index (χ2v) is 5.27. The van der Waals surface area contributed by atoms with Crippen LogP contribution in [0.4, 0.5) is 0 Å². The zero-order valence-electron chi connectivity index (χ0n) is 11.0. The molecule has 18 heavy (non-hydrogen) atoms. The number of aliphatic hydroxyl groups excluding tert-OH is 1. The molecule has 0 bridgehead atoms. The first-order valence-corrected chi connectivity index (χ1v) is 6.47. The van der Waals surface area contributed by atoms with Crippen LogP contribution in [0.15, 0.2) is 22.7 Å². The molecule has 0 saturated heterocycles. The molecule has 0 saturated carbocycles. The summed E-state index contributed by atoms with van der Waals surface area (Å²) in [6.45, 7) is 3.35. The van der Waals surface area contributed by atoms with Crippen molar-refractivity contribution in [1.82, 2.24) is 4.90 Å². The summed E-state index contributed by atoms with van der Waals surface area (Å²) in [5, 5.41) is 9.67. The second-order valence-electron chi connectivity index (χ2n) is 4.35. The van der Waals surface area contributed by atoms with E-state index in [0.29, 0.717) is 11.3 Å². The molecular weight excluding hydrogens is 298 g/mol. The van der Waals surface area contributed by atoms with Gasteiger partial charge in [0.05, 0.1) is 6.10 Å². The topological polar surface area (TPSA) is 49.8 Å². The van der Waals surface area contributed by atoms with Crippen LogP contribution in [0.1, 0.15) is 25.5 Å². The van der Waals surface area contributed by atoms with Gasteiger partial charge in [-0.15, -0.1) is 0 Å². The average molecular weight is 316 g/mol. The molecule has 4 nitrogen and oxygen atoms in total. The van der Waals surface area contributed by atoms with Crippen LogP contribution in [0.3, 0.4) is 0 Å². The normalized spacial score (nSPS) is 13.9. The number of rotatable bonds is 4. The summed E-state index contributed by atoms with van der Waals surface area (Å²) < 4.78 is 6.47. The first-order valence-electron chi connectivity index (χ1n) is 5.68. The summed E-state index contributed by atoms with van der Waals surface area (Å²) in [6.07, 6.45) is -1.23. The molecule has 0 heterocycles. The van der Waals surface area contributed by atoms with E-state index in [9.17, 15) is 9.90 Å². The monoisotopic (exact) mass is 315 g/mol. The molecule has 1 amide bonds. The van der Waals surface area contributed by atoms with Gasteiger partial charge in [0.15, 0.2) is 6.10 Å². The van der Waals surface area contributed by atoms with Gasteiger partial charge in [-0.2, -0.15) is 0 Å². The standard InChI is InChI=1S/C13H18BrNO3/c1-8(16)11-6-5-10(14)7-12(11)18-9(2)13(17)15(3)4/h5-9,16H,1-4H3/t8-,9?/m1/s1. The molecule has 1 unspecified atom stereocenters. The number of halogens is 1. The van der Waals surface area contributed by atoms with Crippen molar-refractivity contribution in [1.29, 1.82) is 0 Å². The van der Waals surface area contributed by atoms with E-state index in [4.69, 9.17) is 4.74 Å². The summed E-state index contributed by atoms with van der Waals surface area (Å²) in [5.74, 6) is 0.397. The number of ether oxygens (including phenoxy) is 1. The summed E-state index contributed by atoms with van der Waals surface area (Å²) in [7, 11) is 3.36. The van der Waals surface area contributed by atoms with Crippen molar-refractivity contribution in [3.05, 3.63) is 28.2 Å². The van der Waals surface area contributed by atoms with Crippen LogP contribution < -0.4 is 4.74 Å². The minimum atomic E-state index is -0.644. The van der Waals surface area contributed by atoms with E-state index in [-0.39, 0.29) is 5.91 Å². The lowest BCUT2D eigenvalue weighted by Crippen LogP contribution is -2.35. The highest BCUT2D eigenvalue weighted by molar-refractivity contribution is 9.10. The maximum absolute atomic E-state index is 11.7. The third kappa shape index (κ3) is 3.71. The molecule has 0 fully saturated rings. The number of nitrogens with zero attached hydrogens (tertiary/aromatic N) is 1. The molecule has 0 aromatic heterocycles. The van der Waals surface area contributed by atoms with Gasteiger partial charge in [-0.25, -0.2) is 0 Å². The molecule has 1 N–H and O–H groups in total. The maximum atomic E-state index is 11.7. The van der Waals surface area contributed by atoms with Gasteiger partial charge >= 0.3 is 0 Å². The van der Waals surface area contributed by atoms with E-state index in [1.807, 2.05) is 6.07 Å². The van der Waals surface area contributed by atoms with Gasteiger partial charge in [-0.1, -0.05) is 22.0 Å². The molecule has 0 aliphatic rings. The summed E-state index contributed by atoms with van der Waals surface area (Å²) in [4.78, 5) is 13.2. The lowest BCUT2D eigenvalue weighted by molar-refractivity contribution is -0.135. The number of carbonyl (C=O) groups excluding carboxylic acids is 1. The van der Waals surface area contributed by atoms with E-state index in [0.717, 1.165) is 4.47 Å². The molecule has 0 spiro atoms. The first-order chi connectivity index (χ1) is 8.32. The van der Waals surface area contributed by atoms with E-state index < -0.39 is 12.2 Å². The van der Waals surface area contributed by atoms with Gasteiger partial charge in [0, 0.05) is 24.1 Å². The summed E-state index contributed by atoms with van der Waals surface area (Å²) in [5.41, 5.74) is 0.664. The molecule has 0 radical (unpaired) electrons. The fraction of sp³-hybridized carbons (Fsp3) is 0.462. The first kappa shape index (κ1) is 15.0. The van der Waals surface area contributed by atoms with Gasteiger partial charge in [0.2, 0.25) is 0 Å². The van der Waals surface area contributed by atoms with Crippen molar-refractivity contribution < 1.29 is 14.6 Å². The Labute approximate surface area is 116 Å². The predicted molar refractivity (Wildman–Crippen MR) is 73.6 cm³/mol. The Morgan fingerprint density at radius 1 is 1.39 bits per heavy atom. The van der Waals surface area contributed by atoms with Crippen molar-refractivity contribution in [3.8, 4) is 5.75 Å². The van der Waals surface area contributed by atoms with Crippen molar-refractivity contribution >= 4 is 21.8 Å². The van der Waals surface area contributed by atoms with Crippen LogP contribution in [0.2, 0.25) is 0 Å². The highest BCUT2D eigenvalue weighted by Crippen LogP contribution is 2.29. The number of aliphatic hydroxyl groups is 1. The predicted octanol–water partition coefficient (Wildman–Crippen LogP) is 2.36. The van der Waals surface area contributed by atoms with Crippen LogP contribution in [0.5, 0.6) is 5.75 Å². The number of carbonyl (C=O) groups is 1. The number of amides is 1. The summed E-state index contributed by atoms with van der Waals surface area (Å²) in [6, 6.07) is 5.35. The summed E-state index contributed by atoms with van der Waals surface area (Å²) >= 11 is 3.34. The Hall–Kier alpha value is -1.07. The Balaban J connectivity index is 2.96. The third-order valence-electron chi connectivity index (χ3n) is 2.52.